The Labute approximate surface area is 79.7 Å². The van der Waals surface area contributed by atoms with Gasteiger partial charge in [-0.15, -0.1) is 0 Å². The van der Waals surface area contributed by atoms with Crippen molar-refractivity contribution in [1.29, 1.82) is 0 Å². The van der Waals surface area contributed by atoms with Gasteiger partial charge in [0.2, 0.25) is 0 Å². The Kier molecular flexibility index (Phi) is 2.03. The highest BCUT2D eigenvalue weighted by Gasteiger charge is 2.42. The zero-order chi connectivity index (χ0) is 10.3. The van der Waals surface area contributed by atoms with Crippen molar-refractivity contribution in [1.82, 2.24) is 0 Å². The first-order valence-electron chi connectivity index (χ1n) is 4.42. The minimum atomic E-state index is -4.26. The molecule has 1 nitrogen and oxygen atoms in total. The van der Waals surface area contributed by atoms with E-state index in [0.29, 0.717) is 12.0 Å². The third-order valence-electron chi connectivity index (χ3n) is 2.51. The normalized spacial score (nSPS) is 26.3. The zero-order valence-electron chi connectivity index (χ0n) is 7.38. The molecule has 1 aliphatic rings. The smallest absolute Gasteiger partial charge is 0.327 e. The molecule has 0 aromatic heterocycles. The topological polar surface area (TPSA) is 26.0 Å². The molecule has 14 heavy (non-hydrogen) atoms. The summed E-state index contributed by atoms with van der Waals surface area (Å²) in [6.45, 7) is 0. The highest BCUT2D eigenvalue weighted by Crippen LogP contribution is 2.44. The summed E-state index contributed by atoms with van der Waals surface area (Å²) in [5.41, 5.74) is 5.34. The number of halogens is 3. The summed E-state index contributed by atoms with van der Waals surface area (Å²) < 4.78 is 37.6. The number of alkyl halides is 3. The molecule has 0 heterocycles. The van der Waals surface area contributed by atoms with E-state index in [9.17, 15) is 13.2 Å². The maximum atomic E-state index is 12.5. The van der Waals surface area contributed by atoms with Crippen LogP contribution < -0.4 is 5.73 Å². The first-order valence-corrected chi connectivity index (χ1v) is 4.42. The Balaban J connectivity index is 2.39. The molecule has 0 spiro atoms. The molecule has 1 aromatic rings. The average molecular weight is 201 g/mol. The van der Waals surface area contributed by atoms with Crippen molar-refractivity contribution in [3.8, 4) is 0 Å². The van der Waals surface area contributed by atoms with E-state index >= 15 is 0 Å². The molecule has 2 N–H and O–H groups in total. The Hall–Kier alpha value is -1.03. The molecule has 0 unspecified atom stereocenters. The van der Waals surface area contributed by atoms with Crippen LogP contribution in [0.25, 0.3) is 0 Å². The SMILES string of the molecule is N[C@@H]1C[C@@H]1c1ccccc1C(F)(F)F. The van der Waals surface area contributed by atoms with Crippen LogP contribution in [0.2, 0.25) is 0 Å². The molecule has 0 bridgehead atoms. The average Bonchev–Trinajstić information content (AvgIpc) is 2.81. The van der Waals surface area contributed by atoms with Crippen LogP contribution in [0.3, 0.4) is 0 Å². The number of benzene rings is 1. The van der Waals surface area contributed by atoms with Crippen LogP contribution in [0.5, 0.6) is 0 Å². The molecule has 0 radical (unpaired) electrons. The van der Waals surface area contributed by atoms with Gasteiger partial charge in [0.05, 0.1) is 5.56 Å². The van der Waals surface area contributed by atoms with E-state index in [2.05, 4.69) is 0 Å². The molecule has 1 fully saturated rings. The second-order valence-corrected chi connectivity index (χ2v) is 3.59. The number of nitrogens with two attached hydrogens (primary N) is 1. The zero-order valence-corrected chi connectivity index (χ0v) is 7.38. The van der Waals surface area contributed by atoms with Crippen LogP contribution in [-0.2, 0) is 6.18 Å². The molecule has 2 atom stereocenters. The third-order valence-corrected chi connectivity index (χ3v) is 2.51. The van der Waals surface area contributed by atoms with Crippen LogP contribution >= 0.6 is 0 Å². The van der Waals surface area contributed by atoms with Crippen molar-refractivity contribution in [2.75, 3.05) is 0 Å². The van der Waals surface area contributed by atoms with Crippen molar-refractivity contribution < 1.29 is 13.2 Å². The van der Waals surface area contributed by atoms with E-state index in [0.717, 1.165) is 6.07 Å². The molecule has 4 heteroatoms. The molecule has 76 valence electrons. The van der Waals surface area contributed by atoms with E-state index in [1.807, 2.05) is 0 Å². The minimum absolute atomic E-state index is 0.0986. The van der Waals surface area contributed by atoms with Gasteiger partial charge in [-0.2, -0.15) is 13.2 Å². The lowest BCUT2D eigenvalue weighted by atomic mass is 10.0. The molecule has 0 saturated heterocycles. The number of hydrogen-bond acceptors (Lipinski definition) is 1. The Bertz CT molecular complexity index is 345. The van der Waals surface area contributed by atoms with Crippen LogP contribution in [0.1, 0.15) is 23.5 Å². The largest absolute Gasteiger partial charge is 0.416 e. The van der Waals surface area contributed by atoms with Crippen LogP contribution in [0, 0.1) is 0 Å². The minimum Gasteiger partial charge on any atom is -0.327 e. The molecule has 1 aromatic carbocycles. The van der Waals surface area contributed by atoms with Crippen molar-refractivity contribution in [2.24, 2.45) is 5.73 Å². The fourth-order valence-corrected chi connectivity index (χ4v) is 1.65. The van der Waals surface area contributed by atoms with Crippen LogP contribution in [-0.4, -0.2) is 6.04 Å². The standard InChI is InChI=1S/C10H10F3N/c11-10(12,13)8-4-2-1-3-6(8)7-5-9(7)14/h1-4,7,9H,5,14H2/t7-,9-/m1/s1. The fourth-order valence-electron chi connectivity index (χ4n) is 1.65. The molecule has 0 amide bonds. The summed E-state index contributed by atoms with van der Waals surface area (Å²) in [6, 6.07) is 5.55. The van der Waals surface area contributed by atoms with Gasteiger partial charge in [-0.3, -0.25) is 0 Å². The summed E-state index contributed by atoms with van der Waals surface area (Å²) in [5, 5.41) is 0. The van der Waals surface area contributed by atoms with Gasteiger partial charge in [0.25, 0.3) is 0 Å². The summed E-state index contributed by atoms with van der Waals surface area (Å²) in [7, 11) is 0. The van der Waals surface area contributed by atoms with Crippen LogP contribution in [0.4, 0.5) is 13.2 Å². The first-order chi connectivity index (χ1) is 6.50. The van der Waals surface area contributed by atoms with Crippen molar-refractivity contribution in [3.05, 3.63) is 35.4 Å². The quantitative estimate of drug-likeness (QED) is 0.742. The highest BCUT2D eigenvalue weighted by molar-refractivity contribution is 5.37. The lowest BCUT2D eigenvalue weighted by molar-refractivity contribution is -0.138. The lowest BCUT2D eigenvalue weighted by Crippen LogP contribution is -2.10. The molecule has 2 rings (SSSR count). The van der Waals surface area contributed by atoms with Gasteiger partial charge in [-0.05, 0) is 18.1 Å². The second-order valence-electron chi connectivity index (χ2n) is 3.59. The molecule has 1 saturated carbocycles. The predicted molar refractivity (Wildman–Crippen MR) is 46.8 cm³/mol. The van der Waals surface area contributed by atoms with Gasteiger partial charge < -0.3 is 5.73 Å². The van der Waals surface area contributed by atoms with Gasteiger partial charge in [-0.1, -0.05) is 18.2 Å². The van der Waals surface area contributed by atoms with Crippen molar-refractivity contribution in [3.63, 3.8) is 0 Å². The molecule has 0 aliphatic heterocycles. The Morgan fingerprint density at radius 1 is 1.21 bits per heavy atom. The monoisotopic (exact) mass is 201 g/mol. The fraction of sp³-hybridized carbons (Fsp3) is 0.400. The lowest BCUT2D eigenvalue weighted by Gasteiger charge is -2.11. The van der Waals surface area contributed by atoms with E-state index in [4.69, 9.17) is 5.73 Å². The predicted octanol–water partition coefficient (Wildman–Crippen LogP) is 2.52. The molecular weight excluding hydrogens is 191 g/mol. The van der Waals surface area contributed by atoms with Gasteiger partial charge >= 0.3 is 6.18 Å². The van der Waals surface area contributed by atoms with Gasteiger partial charge in [0, 0.05) is 12.0 Å². The Morgan fingerprint density at radius 2 is 1.79 bits per heavy atom. The highest BCUT2D eigenvalue weighted by atomic mass is 19.4. The van der Waals surface area contributed by atoms with Crippen LogP contribution in [0.15, 0.2) is 24.3 Å². The van der Waals surface area contributed by atoms with E-state index in [1.165, 1.54) is 12.1 Å². The van der Waals surface area contributed by atoms with E-state index < -0.39 is 11.7 Å². The summed E-state index contributed by atoms with van der Waals surface area (Å²) >= 11 is 0. The van der Waals surface area contributed by atoms with Crippen molar-refractivity contribution >= 4 is 0 Å². The van der Waals surface area contributed by atoms with E-state index in [-0.39, 0.29) is 12.0 Å². The van der Waals surface area contributed by atoms with Gasteiger partial charge in [-0.25, -0.2) is 0 Å². The third kappa shape index (κ3) is 1.62. The van der Waals surface area contributed by atoms with Gasteiger partial charge in [0.1, 0.15) is 0 Å². The summed E-state index contributed by atoms with van der Waals surface area (Å²) in [5.74, 6) is -0.104. The Morgan fingerprint density at radius 3 is 2.29 bits per heavy atom. The molecule has 1 aliphatic carbocycles. The first kappa shape index (κ1) is 9.52. The van der Waals surface area contributed by atoms with Gasteiger partial charge in [0.15, 0.2) is 0 Å². The molecular formula is C10H10F3N. The summed E-state index contributed by atoms with van der Waals surface area (Å²) in [4.78, 5) is 0. The number of hydrogen-bond donors (Lipinski definition) is 1. The maximum absolute atomic E-state index is 12.5. The maximum Gasteiger partial charge on any atom is 0.416 e. The number of rotatable bonds is 1. The van der Waals surface area contributed by atoms with E-state index in [1.54, 1.807) is 6.07 Å². The summed E-state index contributed by atoms with van der Waals surface area (Å²) in [6.07, 6.45) is -3.61. The van der Waals surface area contributed by atoms with Crippen molar-refractivity contribution in [2.45, 2.75) is 24.6 Å². The second kappa shape index (κ2) is 2.98.